The highest BCUT2D eigenvalue weighted by Gasteiger charge is 2.16. The molecule has 33 heavy (non-hydrogen) atoms. The van der Waals surface area contributed by atoms with Gasteiger partial charge in [-0.15, -0.1) is 0 Å². The molecule has 0 aliphatic heterocycles. The van der Waals surface area contributed by atoms with Crippen LogP contribution < -0.4 is 0 Å². The molecular formula is C26H19FN6. The van der Waals surface area contributed by atoms with E-state index < -0.39 is 0 Å². The van der Waals surface area contributed by atoms with Gasteiger partial charge >= 0.3 is 0 Å². The SMILES string of the molecule is Cc1cc(F)cc(-c2ccnc3[nH]c(-c4[nH]nc5ncc(-c6cnccc6C)cc45)cc23)c1. The second-order valence-corrected chi connectivity index (χ2v) is 8.21. The lowest BCUT2D eigenvalue weighted by molar-refractivity contribution is 0.627. The molecule has 6 rings (SSSR count). The smallest absolute Gasteiger partial charge is 0.181 e. The molecule has 0 atom stereocenters. The number of aromatic amines is 2. The van der Waals surface area contributed by atoms with Crippen molar-refractivity contribution in [3.63, 3.8) is 0 Å². The third-order valence-corrected chi connectivity index (χ3v) is 5.91. The Morgan fingerprint density at radius 2 is 1.73 bits per heavy atom. The minimum atomic E-state index is -0.255. The predicted octanol–water partition coefficient (Wildman–Crippen LogP) is 5.99. The molecule has 0 bridgehead atoms. The van der Waals surface area contributed by atoms with Crippen molar-refractivity contribution in [2.45, 2.75) is 13.8 Å². The van der Waals surface area contributed by atoms with E-state index in [0.717, 1.165) is 61.2 Å². The molecule has 0 aliphatic rings. The monoisotopic (exact) mass is 434 g/mol. The normalized spacial score (nSPS) is 11.5. The molecule has 6 aromatic rings. The second kappa shape index (κ2) is 7.34. The fraction of sp³-hybridized carbons (Fsp3) is 0.0769. The average Bonchev–Trinajstić information content (AvgIpc) is 3.42. The van der Waals surface area contributed by atoms with Gasteiger partial charge in [-0.05, 0) is 72.5 Å². The first-order valence-corrected chi connectivity index (χ1v) is 10.6. The Kier molecular flexibility index (Phi) is 4.29. The van der Waals surface area contributed by atoms with Crippen molar-refractivity contribution in [1.29, 1.82) is 0 Å². The first-order valence-electron chi connectivity index (χ1n) is 10.6. The molecule has 5 heterocycles. The number of hydrogen-bond acceptors (Lipinski definition) is 4. The first kappa shape index (κ1) is 19.3. The van der Waals surface area contributed by atoms with Crippen LogP contribution in [0.4, 0.5) is 4.39 Å². The molecule has 0 saturated carbocycles. The van der Waals surface area contributed by atoms with Gasteiger partial charge in [-0.2, -0.15) is 5.10 Å². The zero-order valence-corrected chi connectivity index (χ0v) is 18.0. The highest BCUT2D eigenvalue weighted by molar-refractivity contribution is 5.99. The predicted molar refractivity (Wildman–Crippen MR) is 127 cm³/mol. The van der Waals surface area contributed by atoms with Gasteiger partial charge in [0.2, 0.25) is 0 Å². The lowest BCUT2D eigenvalue weighted by Crippen LogP contribution is -1.87. The maximum atomic E-state index is 14.1. The van der Waals surface area contributed by atoms with E-state index in [2.05, 4.69) is 43.1 Å². The molecule has 0 amide bonds. The van der Waals surface area contributed by atoms with E-state index in [1.54, 1.807) is 18.5 Å². The summed E-state index contributed by atoms with van der Waals surface area (Å²) in [5.41, 5.74) is 8.73. The molecule has 6 nitrogen and oxygen atoms in total. The molecule has 0 unspecified atom stereocenters. The van der Waals surface area contributed by atoms with Gasteiger partial charge in [0.15, 0.2) is 5.65 Å². The van der Waals surface area contributed by atoms with Crippen LogP contribution in [0.15, 0.2) is 67.3 Å². The van der Waals surface area contributed by atoms with Crippen LogP contribution in [0.1, 0.15) is 11.1 Å². The van der Waals surface area contributed by atoms with E-state index in [1.807, 2.05) is 43.6 Å². The molecule has 0 saturated heterocycles. The molecule has 0 aliphatic carbocycles. The van der Waals surface area contributed by atoms with Crippen molar-refractivity contribution >= 4 is 22.1 Å². The highest BCUT2D eigenvalue weighted by atomic mass is 19.1. The van der Waals surface area contributed by atoms with Crippen LogP contribution in [0.25, 0.3) is 55.7 Å². The summed E-state index contributed by atoms with van der Waals surface area (Å²) in [6, 6.07) is 13.0. The van der Waals surface area contributed by atoms with E-state index in [4.69, 9.17) is 0 Å². The number of nitrogens with zero attached hydrogens (tertiary/aromatic N) is 4. The van der Waals surface area contributed by atoms with Gasteiger partial charge in [0, 0.05) is 46.7 Å². The maximum absolute atomic E-state index is 14.1. The highest BCUT2D eigenvalue weighted by Crippen LogP contribution is 2.34. The number of rotatable bonds is 3. The zero-order valence-electron chi connectivity index (χ0n) is 18.0. The molecular weight excluding hydrogens is 415 g/mol. The number of nitrogens with one attached hydrogen (secondary N) is 2. The third-order valence-electron chi connectivity index (χ3n) is 5.91. The number of aryl methyl sites for hydroxylation is 2. The Hall–Kier alpha value is -4.39. The molecule has 0 radical (unpaired) electrons. The van der Waals surface area contributed by atoms with Gasteiger partial charge in [0.05, 0.1) is 11.4 Å². The summed E-state index contributed by atoms with van der Waals surface area (Å²) in [6.07, 6.45) is 7.17. The van der Waals surface area contributed by atoms with Crippen molar-refractivity contribution in [1.82, 2.24) is 30.1 Å². The van der Waals surface area contributed by atoms with Gasteiger partial charge in [-0.1, -0.05) is 6.07 Å². The van der Waals surface area contributed by atoms with Crippen LogP contribution in [0, 0.1) is 19.7 Å². The molecule has 1 aromatic carbocycles. The average molecular weight is 434 g/mol. The van der Waals surface area contributed by atoms with Crippen molar-refractivity contribution in [3.05, 3.63) is 84.2 Å². The van der Waals surface area contributed by atoms with Crippen LogP contribution in [0.2, 0.25) is 0 Å². The van der Waals surface area contributed by atoms with Crippen molar-refractivity contribution in [3.8, 4) is 33.6 Å². The van der Waals surface area contributed by atoms with Crippen LogP contribution in [-0.2, 0) is 0 Å². The Labute approximate surface area is 188 Å². The zero-order chi connectivity index (χ0) is 22.5. The van der Waals surface area contributed by atoms with Crippen molar-refractivity contribution in [2.24, 2.45) is 0 Å². The summed E-state index contributed by atoms with van der Waals surface area (Å²) in [7, 11) is 0. The number of hydrogen-bond donors (Lipinski definition) is 2. The Morgan fingerprint density at radius 3 is 2.58 bits per heavy atom. The molecule has 0 fully saturated rings. The van der Waals surface area contributed by atoms with Gasteiger partial charge in [0.1, 0.15) is 11.5 Å². The minimum absolute atomic E-state index is 0.255. The molecule has 2 N–H and O–H groups in total. The van der Waals surface area contributed by atoms with Crippen LogP contribution >= 0.6 is 0 Å². The van der Waals surface area contributed by atoms with E-state index >= 15 is 0 Å². The van der Waals surface area contributed by atoms with E-state index in [9.17, 15) is 4.39 Å². The summed E-state index contributed by atoms with van der Waals surface area (Å²) >= 11 is 0. The Morgan fingerprint density at radius 1 is 0.818 bits per heavy atom. The van der Waals surface area contributed by atoms with E-state index in [-0.39, 0.29) is 5.82 Å². The second-order valence-electron chi connectivity index (χ2n) is 8.21. The largest absolute Gasteiger partial charge is 0.338 e. The van der Waals surface area contributed by atoms with Gasteiger partial charge in [-0.3, -0.25) is 10.1 Å². The summed E-state index contributed by atoms with van der Waals surface area (Å²) < 4.78 is 14.1. The Bertz CT molecular complexity index is 1640. The third kappa shape index (κ3) is 3.25. The Balaban J connectivity index is 1.52. The van der Waals surface area contributed by atoms with E-state index in [1.165, 1.54) is 6.07 Å². The number of aromatic nitrogens is 6. The fourth-order valence-corrected chi connectivity index (χ4v) is 4.32. The van der Waals surface area contributed by atoms with Crippen LogP contribution in [0.3, 0.4) is 0 Å². The summed E-state index contributed by atoms with van der Waals surface area (Å²) in [5.74, 6) is -0.255. The van der Waals surface area contributed by atoms with Gasteiger partial charge < -0.3 is 4.98 Å². The number of pyridine rings is 3. The first-order chi connectivity index (χ1) is 16.1. The lowest BCUT2D eigenvalue weighted by Gasteiger charge is -2.05. The van der Waals surface area contributed by atoms with Crippen LogP contribution in [-0.4, -0.2) is 30.1 Å². The van der Waals surface area contributed by atoms with Gasteiger partial charge in [0.25, 0.3) is 0 Å². The summed E-state index contributed by atoms with van der Waals surface area (Å²) in [4.78, 5) is 16.7. The minimum Gasteiger partial charge on any atom is -0.338 e. The molecule has 0 spiro atoms. The van der Waals surface area contributed by atoms with E-state index in [0.29, 0.717) is 5.65 Å². The van der Waals surface area contributed by atoms with Gasteiger partial charge in [-0.25, -0.2) is 14.4 Å². The molecule has 160 valence electrons. The molecule has 7 heteroatoms. The standard InChI is InChI=1S/C26H19FN6/c1-14-7-16(9-18(27)8-14)19-4-6-29-25-20(19)11-23(31-25)24-21-10-17(12-30-26(21)33-32-24)22-13-28-5-3-15(22)2/h3-13H,1-2H3,(H,29,31)(H,30,32,33). The quantitative estimate of drug-likeness (QED) is 0.359. The van der Waals surface area contributed by atoms with Crippen LogP contribution in [0.5, 0.6) is 0 Å². The lowest BCUT2D eigenvalue weighted by atomic mass is 10.0. The molecule has 5 aromatic heterocycles. The number of H-pyrrole nitrogens is 2. The number of halogens is 1. The summed E-state index contributed by atoms with van der Waals surface area (Å²) in [5, 5.41) is 9.30. The number of benzene rings is 1. The van der Waals surface area contributed by atoms with Crippen molar-refractivity contribution in [2.75, 3.05) is 0 Å². The fourth-order valence-electron chi connectivity index (χ4n) is 4.32. The summed E-state index contributed by atoms with van der Waals surface area (Å²) in [6.45, 7) is 3.94. The topological polar surface area (TPSA) is 83.1 Å². The maximum Gasteiger partial charge on any atom is 0.181 e. The van der Waals surface area contributed by atoms with Crippen molar-refractivity contribution < 1.29 is 4.39 Å². The number of fused-ring (bicyclic) bond motifs is 2.